The molecule has 1 aliphatic heterocycles. The number of nitrogens with zero attached hydrogens (tertiary/aromatic N) is 2. The Morgan fingerprint density at radius 2 is 2.08 bits per heavy atom. The van der Waals surface area contributed by atoms with Gasteiger partial charge >= 0.3 is 0 Å². The molecule has 0 saturated carbocycles. The van der Waals surface area contributed by atoms with E-state index in [-0.39, 0.29) is 0 Å². The van der Waals surface area contributed by atoms with E-state index in [0.717, 1.165) is 41.9 Å². The number of aromatic nitrogens is 1. The lowest BCUT2D eigenvalue weighted by molar-refractivity contribution is 0.227. The first-order valence-electron chi connectivity index (χ1n) is 8.97. The number of likely N-dealkylation sites (tertiary alicyclic amines) is 1. The van der Waals surface area contributed by atoms with Gasteiger partial charge in [-0.25, -0.2) is 0 Å². The third kappa shape index (κ3) is 4.80. The number of nitrogens with one attached hydrogen (secondary N) is 2. The minimum absolute atomic E-state index is 0.647. The molecular weight excluding hydrogens is 332 g/mol. The van der Waals surface area contributed by atoms with E-state index in [1.165, 1.54) is 32.4 Å². The monoisotopic (exact) mass is 358 g/mol. The van der Waals surface area contributed by atoms with Gasteiger partial charge < -0.3 is 20.3 Å². The Morgan fingerprint density at radius 1 is 1.24 bits per heavy atom. The van der Waals surface area contributed by atoms with Crippen molar-refractivity contribution in [2.45, 2.75) is 25.7 Å². The van der Waals surface area contributed by atoms with Crippen molar-refractivity contribution in [3.8, 4) is 5.75 Å². The van der Waals surface area contributed by atoms with Crippen LogP contribution in [0, 0.1) is 0 Å². The van der Waals surface area contributed by atoms with Crippen molar-refractivity contribution in [3.63, 3.8) is 0 Å². The Hall–Kier alpha value is -1.92. The van der Waals surface area contributed by atoms with E-state index in [0.29, 0.717) is 5.11 Å². The van der Waals surface area contributed by atoms with E-state index in [1.54, 1.807) is 13.3 Å². The van der Waals surface area contributed by atoms with Gasteiger partial charge in [-0.1, -0.05) is 6.42 Å². The number of methoxy groups -OCH3 is 1. The van der Waals surface area contributed by atoms with Gasteiger partial charge in [-0.2, -0.15) is 0 Å². The van der Waals surface area contributed by atoms with Crippen LogP contribution in [0.4, 0.5) is 5.69 Å². The summed E-state index contributed by atoms with van der Waals surface area (Å²) in [6, 6.07) is 7.83. The summed E-state index contributed by atoms with van der Waals surface area (Å²) < 4.78 is 5.38. The molecule has 0 amide bonds. The highest BCUT2D eigenvalue weighted by atomic mass is 32.1. The zero-order valence-corrected chi connectivity index (χ0v) is 15.6. The highest BCUT2D eigenvalue weighted by Gasteiger charge is 2.10. The van der Waals surface area contributed by atoms with Crippen molar-refractivity contribution < 1.29 is 4.74 Å². The number of anilines is 1. The summed E-state index contributed by atoms with van der Waals surface area (Å²) >= 11 is 5.44. The standard InChI is InChI=1S/C19H26N4OS/c1-24-17-9-8-16(15-7-5-10-20-18(15)17)22-19(25)21-11-6-14-23-12-3-2-4-13-23/h5,7-10H,2-4,6,11-14H2,1H3,(H2,21,22,25). The van der Waals surface area contributed by atoms with Gasteiger partial charge in [-0.3, -0.25) is 4.98 Å². The van der Waals surface area contributed by atoms with Gasteiger partial charge in [-0.15, -0.1) is 0 Å². The van der Waals surface area contributed by atoms with Gasteiger partial charge in [0.1, 0.15) is 11.3 Å². The number of pyridine rings is 1. The van der Waals surface area contributed by atoms with Crippen LogP contribution in [0.25, 0.3) is 10.9 Å². The first-order chi connectivity index (χ1) is 12.3. The van der Waals surface area contributed by atoms with E-state index in [1.807, 2.05) is 24.3 Å². The molecule has 1 aliphatic rings. The number of fused-ring (bicyclic) bond motifs is 1. The van der Waals surface area contributed by atoms with Crippen LogP contribution in [-0.2, 0) is 0 Å². The Morgan fingerprint density at radius 3 is 2.88 bits per heavy atom. The fourth-order valence-corrected chi connectivity index (χ4v) is 3.49. The quantitative estimate of drug-likeness (QED) is 0.610. The fraction of sp³-hybridized carbons (Fsp3) is 0.474. The molecule has 2 heterocycles. The number of hydrogen-bond acceptors (Lipinski definition) is 4. The minimum Gasteiger partial charge on any atom is -0.494 e. The zero-order chi connectivity index (χ0) is 17.5. The molecule has 1 aromatic heterocycles. The van der Waals surface area contributed by atoms with Gasteiger partial charge in [0.25, 0.3) is 0 Å². The summed E-state index contributed by atoms with van der Waals surface area (Å²) in [6.07, 6.45) is 6.93. The summed E-state index contributed by atoms with van der Waals surface area (Å²) in [7, 11) is 1.66. The molecule has 0 unspecified atom stereocenters. The predicted molar refractivity (Wildman–Crippen MR) is 107 cm³/mol. The second-order valence-corrected chi connectivity index (χ2v) is 6.76. The first kappa shape index (κ1) is 17.9. The van der Waals surface area contributed by atoms with Crippen LogP contribution >= 0.6 is 12.2 Å². The van der Waals surface area contributed by atoms with Crippen LogP contribution in [0.1, 0.15) is 25.7 Å². The van der Waals surface area contributed by atoms with Crippen molar-refractivity contribution in [1.29, 1.82) is 0 Å². The van der Waals surface area contributed by atoms with Crippen molar-refractivity contribution in [3.05, 3.63) is 30.5 Å². The highest BCUT2D eigenvalue weighted by molar-refractivity contribution is 7.80. The molecule has 5 nitrogen and oxygen atoms in total. The SMILES string of the molecule is COc1ccc(NC(=S)NCCCN2CCCCC2)c2cccnc12. The molecule has 0 aliphatic carbocycles. The molecule has 1 aromatic carbocycles. The Labute approximate surface area is 154 Å². The molecule has 1 fully saturated rings. The molecule has 0 spiro atoms. The molecule has 0 radical (unpaired) electrons. The van der Waals surface area contributed by atoms with E-state index < -0.39 is 0 Å². The van der Waals surface area contributed by atoms with Crippen molar-refractivity contribution in [2.75, 3.05) is 38.6 Å². The van der Waals surface area contributed by atoms with Crippen LogP contribution < -0.4 is 15.4 Å². The average Bonchev–Trinajstić information content (AvgIpc) is 2.66. The second kappa shape index (κ2) is 8.97. The topological polar surface area (TPSA) is 49.4 Å². The molecule has 25 heavy (non-hydrogen) atoms. The minimum atomic E-state index is 0.647. The highest BCUT2D eigenvalue weighted by Crippen LogP contribution is 2.29. The number of thiocarbonyl (C=S) groups is 1. The van der Waals surface area contributed by atoms with E-state index in [2.05, 4.69) is 20.5 Å². The number of hydrogen-bond donors (Lipinski definition) is 2. The lowest BCUT2D eigenvalue weighted by atomic mass is 10.1. The molecule has 0 bridgehead atoms. The summed E-state index contributed by atoms with van der Waals surface area (Å²) in [5.74, 6) is 0.765. The molecule has 6 heteroatoms. The van der Waals surface area contributed by atoms with Gasteiger partial charge in [0, 0.05) is 23.8 Å². The third-order valence-electron chi connectivity index (χ3n) is 4.59. The maximum atomic E-state index is 5.44. The molecule has 3 rings (SSSR count). The zero-order valence-electron chi connectivity index (χ0n) is 14.8. The summed E-state index contributed by atoms with van der Waals surface area (Å²) in [5.41, 5.74) is 1.78. The Bertz CT molecular complexity index is 716. The van der Waals surface area contributed by atoms with Gasteiger partial charge in [0.2, 0.25) is 0 Å². The third-order valence-corrected chi connectivity index (χ3v) is 4.83. The number of piperidine rings is 1. The first-order valence-corrected chi connectivity index (χ1v) is 9.37. The molecular formula is C19H26N4OS. The van der Waals surface area contributed by atoms with Crippen LogP contribution in [0.3, 0.4) is 0 Å². The van der Waals surface area contributed by atoms with Crippen molar-refractivity contribution in [2.24, 2.45) is 0 Å². The summed E-state index contributed by atoms with van der Waals surface area (Å²) in [4.78, 5) is 6.96. The summed E-state index contributed by atoms with van der Waals surface area (Å²) in [6.45, 7) is 4.51. The van der Waals surface area contributed by atoms with E-state index >= 15 is 0 Å². The van der Waals surface area contributed by atoms with Gasteiger partial charge in [0.15, 0.2) is 5.11 Å². The Kier molecular flexibility index (Phi) is 6.42. The van der Waals surface area contributed by atoms with Crippen LogP contribution in [-0.4, -0.2) is 48.3 Å². The normalized spacial score (nSPS) is 15.1. The maximum Gasteiger partial charge on any atom is 0.170 e. The van der Waals surface area contributed by atoms with Gasteiger partial charge in [-0.05, 0) is 75.4 Å². The fourth-order valence-electron chi connectivity index (χ4n) is 3.27. The van der Waals surface area contributed by atoms with Crippen molar-refractivity contribution >= 4 is 33.9 Å². The number of benzene rings is 1. The molecule has 0 atom stereocenters. The number of rotatable bonds is 6. The van der Waals surface area contributed by atoms with E-state index in [4.69, 9.17) is 17.0 Å². The number of ether oxygens (including phenoxy) is 1. The average molecular weight is 359 g/mol. The Balaban J connectivity index is 1.52. The molecule has 134 valence electrons. The lowest BCUT2D eigenvalue weighted by Crippen LogP contribution is -2.34. The van der Waals surface area contributed by atoms with Crippen molar-refractivity contribution in [1.82, 2.24) is 15.2 Å². The molecule has 2 aromatic rings. The second-order valence-electron chi connectivity index (χ2n) is 6.35. The van der Waals surface area contributed by atoms with Crippen LogP contribution in [0.2, 0.25) is 0 Å². The lowest BCUT2D eigenvalue weighted by Gasteiger charge is -2.26. The smallest absolute Gasteiger partial charge is 0.170 e. The molecule has 1 saturated heterocycles. The maximum absolute atomic E-state index is 5.44. The summed E-state index contributed by atoms with van der Waals surface area (Å²) in [5, 5.41) is 8.24. The predicted octanol–water partition coefficient (Wildman–Crippen LogP) is 3.41. The van der Waals surface area contributed by atoms with Gasteiger partial charge in [0.05, 0.1) is 7.11 Å². The van der Waals surface area contributed by atoms with Crippen LogP contribution in [0.5, 0.6) is 5.75 Å². The van der Waals surface area contributed by atoms with E-state index in [9.17, 15) is 0 Å². The molecule has 2 N–H and O–H groups in total. The van der Waals surface area contributed by atoms with Crippen LogP contribution in [0.15, 0.2) is 30.5 Å². The largest absolute Gasteiger partial charge is 0.494 e.